The SMILES string of the molecule is COC(=O)c1ccc(CN(C)Cn2nc(-c3ccc(F)cc3)oc2=O)cc1. The number of aromatic nitrogens is 2. The van der Waals surface area contributed by atoms with Crippen molar-refractivity contribution in [3.8, 4) is 11.5 Å². The normalized spacial score (nSPS) is 11.0. The molecule has 0 fully saturated rings. The van der Waals surface area contributed by atoms with Gasteiger partial charge in [0.25, 0.3) is 0 Å². The molecule has 0 radical (unpaired) electrons. The van der Waals surface area contributed by atoms with Crippen molar-refractivity contribution < 1.29 is 18.3 Å². The van der Waals surface area contributed by atoms with Gasteiger partial charge < -0.3 is 9.15 Å². The van der Waals surface area contributed by atoms with Gasteiger partial charge in [0.1, 0.15) is 12.5 Å². The maximum Gasteiger partial charge on any atom is 0.438 e. The third kappa shape index (κ3) is 4.48. The molecule has 1 aromatic heterocycles. The largest absolute Gasteiger partial charge is 0.465 e. The summed E-state index contributed by atoms with van der Waals surface area (Å²) < 4.78 is 24.0. The fourth-order valence-corrected chi connectivity index (χ4v) is 2.56. The van der Waals surface area contributed by atoms with Crippen molar-refractivity contribution in [2.24, 2.45) is 0 Å². The minimum atomic E-state index is -0.595. The number of hydrogen-bond donors (Lipinski definition) is 0. The zero-order valence-corrected chi connectivity index (χ0v) is 14.9. The minimum Gasteiger partial charge on any atom is -0.465 e. The topological polar surface area (TPSA) is 77.6 Å². The van der Waals surface area contributed by atoms with Gasteiger partial charge in [0, 0.05) is 12.1 Å². The molecule has 0 saturated carbocycles. The lowest BCUT2D eigenvalue weighted by Crippen LogP contribution is -2.28. The molecule has 0 aliphatic carbocycles. The number of benzene rings is 2. The molecule has 0 atom stereocenters. The first-order valence-corrected chi connectivity index (χ1v) is 8.16. The van der Waals surface area contributed by atoms with Crippen LogP contribution in [-0.2, 0) is 18.0 Å². The summed E-state index contributed by atoms with van der Waals surface area (Å²) in [7, 11) is 3.16. The van der Waals surface area contributed by atoms with E-state index in [-0.39, 0.29) is 18.4 Å². The van der Waals surface area contributed by atoms with Gasteiger partial charge in [-0.05, 0) is 49.0 Å². The van der Waals surface area contributed by atoms with Gasteiger partial charge in [-0.15, -0.1) is 5.10 Å². The molecule has 0 saturated heterocycles. The van der Waals surface area contributed by atoms with Gasteiger partial charge >= 0.3 is 11.7 Å². The lowest BCUT2D eigenvalue weighted by atomic mass is 10.1. The average molecular weight is 371 g/mol. The Labute approximate surface area is 154 Å². The number of methoxy groups -OCH3 is 1. The zero-order valence-electron chi connectivity index (χ0n) is 14.9. The molecule has 0 amide bonds. The highest BCUT2D eigenvalue weighted by Crippen LogP contribution is 2.16. The Morgan fingerprint density at radius 1 is 1.19 bits per heavy atom. The van der Waals surface area contributed by atoms with E-state index in [4.69, 9.17) is 4.42 Å². The highest BCUT2D eigenvalue weighted by molar-refractivity contribution is 5.89. The number of nitrogens with zero attached hydrogens (tertiary/aromatic N) is 3. The van der Waals surface area contributed by atoms with E-state index in [1.165, 1.54) is 36.1 Å². The molecule has 27 heavy (non-hydrogen) atoms. The first-order valence-electron chi connectivity index (χ1n) is 8.16. The number of hydrogen-bond acceptors (Lipinski definition) is 6. The molecule has 0 aliphatic rings. The Bertz CT molecular complexity index is 977. The van der Waals surface area contributed by atoms with Gasteiger partial charge in [-0.1, -0.05) is 12.1 Å². The van der Waals surface area contributed by atoms with E-state index in [1.54, 1.807) is 12.1 Å². The predicted octanol–water partition coefficient (Wildman–Crippen LogP) is 2.52. The van der Waals surface area contributed by atoms with Gasteiger partial charge in [-0.25, -0.2) is 14.0 Å². The van der Waals surface area contributed by atoms with Crippen molar-refractivity contribution >= 4 is 5.97 Å². The Morgan fingerprint density at radius 2 is 1.85 bits per heavy atom. The van der Waals surface area contributed by atoms with Crippen LogP contribution in [0.2, 0.25) is 0 Å². The lowest BCUT2D eigenvalue weighted by molar-refractivity contribution is 0.0600. The van der Waals surface area contributed by atoms with Crippen LogP contribution in [0.4, 0.5) is 4.39 Å². The van der Waals surface area contributed by atoms with E-state index in [9.17, 15) is 14.0 Å². The number of esters is 1. The Kier molecular flexibility index (Phi) is 5.46. The van der Waals surface area contributed by atoms with Gasteiger partial charge in [-0.2, -0.15) is 4.68 Å². The van der Waals surface area contributed by atoms with E-state index < -0.39 is 11.7 Å². The molecular formula is C19H18FN3O4. The molecule has 0 unspecified atom stereocenters. The second-order valence-corrected chi connectivity index (χ2v) is 6.02. The van der Waals surface area contributed by atoms with Crippen LogP contribution in [0, 0.1) is 5.82 Å². The molecule has 3 aromatic rings. The summed E-state index contributed by atoms with van der Waals surface area (Å²) >= 11 is 0. The Hall–Kier alpha value is -3.26. The first-order chi connectivity index (χ1) is 13.0. The van der Waals surface area contributed by atoms with Crippen molar-refractivity contribution in [1.82, 2.24) is 14.7 Å². The molecule has 7 nitrogen and oxygen atoms in total. The van der Waals surface area contributed by atoms with Crippen molar-refractivity contribution in [2.45, 2.75) is 13.2 Å². The van der Waals surface area contributed by atoms with E-state index in [1.807, 2.05) is 24.1 Å². The van der Waals surface area contributed by atoms with Crippen LogP contribution in [0.15, 0.2) is 57.7 Å². The molecule has 0 N–H and O–H groups in total. The molecule has 8 heteroatoms. The van der Waals surface area contributed by atoms with Crippen LogP contribution >= 0.6 is 0 Å². The number of carbonyl (C=O) groups excluding carboxylic acids is 1. The summed E-state index contributed by atoms with van der Waals surface area (Å²) in [4.78, 5) is 25.3. The van der Waals surface area contributed by atoms with Crippen molar-refractivity contribution in [3.63, 3.8) is 0 Å². The van der Waals surface area contributed by atoms with Crippen LogP contribution in [0.5, 0.6) is 0 Å². The van der Waals surface area contributed by atoms with Crippen molar-refractivity contribution in [2.75, 3.05) is 14.2 Å². The maximum absolute atomic E-state index is 13.0. The fraction of sp³-hybridized carbons (Fsp3) is 0.211. The number of rotatable bonds is 6. The van der Waals surface area contributed by atoms with E-state index >= 15 is 0 Å². The fourth-order valence-electron chi connectivity index (χ4n) is 2.56. The zero-order chi connectivity index (χ0) is 19.4. The molecule has 2 aromatic carbocycles. The third-order valence-electron chi connectivity index (χ3n) is 3.90. The van der Waals surface area contributed by atoms with Gasteiger partial charge in [0.15, 0.2) is 0 Å². The number of ether oxygens (including phenoxy) is 1. The predicted molar refractivity (Wildman–Crippen MR) is 95.4 cm³/mol. The number of halogens is 1. The summed E-state index contributed by atoms with van der Waals surface area (Å²) in [6.07, 6.45) is 0. The summed E-state index contributed by atoms with van der Waals surface area (Å²) in [6, 6.07) is 12.6. The van der Waals surface area contributed by atoms with Crippen molar-refractivity contribution in [1.29, 1.82) is 0 Å². The van der Waals surface area contributed by atoms with E-state index in [0.29, 0.717) is 17.7 Å². The Balaban J connectivity index is 1.67. The van der Waals surface area contributed by atoms with Crippen LogP contribution in [0.1, 0.15) is 15.9 Å². The monoisotopic (exact) mass is 371 g/mol. The smallest absolute Gasteiger partial charge is 0.438 e. The number of carbonyl (C=O) groups is 1. The maximum atomic E-state index is 13.0. The molecular weight excluding hydrogens is 353 g/mol. The second kappa shape index (κ2) is 7.96. The van der Waals surface area contributed by atoms with Crippen molar-refractivity contribution in [3.05, 3.63) is 76.0 Å². The van der Waals surface area contributed by atoms with Crippen LogP contribution < -0.4 is 5.76 Å². The Morgan fingerprint density at radius 3 is 2.48 bits per heavy atom. The summed E-state index contributed by atoms with van der Waals surface area (Å²) in [5.41, 5.74) is 1.95. The molecule has 3 rings (SSSR count). The quantitative estimate of drug-likeness (QED) is 0.620. The minimum absolute atomic E-state index is 0.135. The first kappa shape index (κ1) is 18.5. The van der Waals surface area contributed by atoms with E-state index in [0.717, 1.165) is 5.56 Å². The molecule has 0 aliphatic heterocycles. The highest BCUT2D eigenvalue weighted by atomic mass is 19.1. The highest BCUT2D eigenvalue weighted by Gasteiger charge is 2.12. The summed E-state index contributed by atoms with van der Waals surface area (Å²) in [5.74, 6) is -1.23. The van der Waals surface area contributed by atoms with Gasteiger partial charge in [0.2, 0.25) is 5.89 Å². The third-order valence-corrected chi connectivity index (χ3v) is 3.90. The molecule has 0 spiro atoms. The standard InChI is InChI=1S/C19H18FN3O4/c1-22(11-13-3-5-15(6-4-13)18(24)26-2)12-23-19(25)27-17(21-23)14-7-9-16(20)10-8-14/h3-10H,11-12H2,1-2H3. The van der Waals surface area contributed by atoms with Gasteiger partial charge in [-0.3, -0.25) is 4.90 Å². The lowest BCUT2D eigenvalue weighted by Gasteiger charge is -2.15. The second-order valence-electron chi connectivity index (χ2n) is 6.02. The van der Waals surface area contributed by atoms with Crippen LogP contribution in [0.25, 0.3) is 11.5 Å². The summed E-state index contributed by atoms with van der Waals surface area (Å²) in [6.45, 7) is 0.745. The van der Waals surface area contributed by atoms with Crippen LogP contribution in [-0.4, -0.2) is 34.8 Å². The average Bonchev–Trinajstić information content (AvgIpc) is 3.02. The molecule has 140 valence electrons. The van der Waals surface area contributed by atoms with Crippen LogP contribution in [0.3, 0.4) is 0 Å². The van der Waals surface area contributed by atoms with Gasteiger partial charge in [0.05, 0.1) is 12.7 Å². The molecule has 0 bridgehead atoms. The summed E-state index contributed by atoms with van der Waals surface area (Å²) in [5, 5.41) is 4.15. The van der Waals surface area contributed by atoms with E-state index in [2.05, 4.69) is 9.84 Å². The molecule has 1 heterocycles.